The standard InChI is InChI=1S/C15H12Cl3FN2O/c1-21(8-9-4-2-5-10(16)13(9)18)15(22)20-12-7-3-6-11(17)14(12)19/h2-7H,8H2,1H3,(H,20,22). The highest BCUT2D eigenvalue weighted by molar-refractivity contribution is 6.42. The second-order valence-corrected chi connectivity index (χ2v) is 5.79. The Morgan fingerprint density at radius 1 is 1.14 bits per heavy atom. The van der Waals surface area contributed by atoms with E-state index in [4.69, 9.17) is 34.8 Å². The van der Waals surface area contributed by atoms with Crippen molar-refractivity contribution in [3.05, 3.63) is 62.8 Å². The third-order valence-corrected chi connectivity index (χ3v) is 4.13. The van der Waals surface area contributed by atoms with Gasteiger partial charge in [0.25, 0.3) is 0 Å². The number of benzene rings is 2. The summed E-state index contributed by atoms with van der Waals surface area (Å²) in [6.45, 7) is 0.230. The number of hydrogen-bond donors (Lipinski definition) is 1. The van der Waals surface area contributed by atoms with Crippen molar-refractivity contribution in [3.63, 3.8) is 0 Å². The van der Waals surface area contributed by atoms with Crippen LogP contribution in [0.2, 0.25) is 15.1 Å². The van der Waals surface area contributed by atoms with Gasteiger partial charge >= 0.3 is 6.03 Å². The van der Waals surface area contributed by atoms with E-state index in [1.54, 1.807) is 31.3 Å². The number of hydrogen-bond acceptors (Lipinski definition) is 1. The predicted octanol–water partition coefficient (Wildman–Crippen LogP) is 5.45. The van der Waals surface area contributed by atoms with Gasteiger partial charge in [0.15, 0.2) is 5.82 Å². The maximum Gasteiger partial charge on any atom is 0.321 e. The minimum Gasteiger partial charge on any atom is -0.323 e. The highest BCUT2D eigenvalue weighted by atomic mass is 35.5. The first kappa shape index (κ1) is 16.9. The summed E-state index contributed by atoms with van der Waals surface area (Å²) in [7, 11) is 1.56. The molecule has 0 fully saturated rings. The van der Waals surface area contributed by atoms with Crippen molar-refractivity contribution in [2.75, 3.05) is 12.4 Å². The summed E-state index contributed by atoms with van der Waals surface area (Å²) < 4.78 is 13.8. The monoisotopic (exact) mass is 360 g/mol. The molecule has 0 bridgehead atoms. The molecule has 0 atom stereocenters. The number of nitrogens with one attached hydrogen (secondary N) is 1. The molecule has 3 nitrogen and oxygen atoms in total. The lowest BCUT2D eigenvalue weighted by atomic mass is 10.2. The van der Waals surface area contributed by atoms with Crippen LogP contribution in [0.3, 0.4) is 0 Å². The number of halogens is 4. The van der Waals surface area contributed by atoms with Gasteiger partial charge in [-0.1, -0.05) is 53.0 Å². The summed E-state index contributed by atoms with van der Waals surface area (Å²) in [6, 6.07) is 9.06. The van der Waals surface area contributed by atoms with Crippen LogP contribution < -0.4 is 5.32 Å². The van der Waals surface area contributed by atoms with Crippen molar-refractivity contribution in [2.24, 2.45) is 0 Å². The third kappa shape index (κ3) is 3.83. The first-order chi connectivity index (χ1) is 10.4. The predicted molar refractivity (Wildman–Crippen MR) is 88.4 cm³/mol. The molecular weight excluding hydrogens is 350 g/mol. The van der Waals surface area contributed by atoms with Gasteiger partial charge in [-0.05, 0) is 23.8 Å². The van der Waals surface area contributed by atoms with Gasteiger partial charge in [0, 0.05) is 13.6 Å². The van der Waals surface area contributed by atoms with Crippen molar-refractivity contribution >= 4 is 46.5 Å². The quantitative estimate of drug-likeness (QED) is 0.774. The Balaban J connectivity index is 2.09. The molecule has 2 rings (SSSR count). The van der Waals surface area contributed by atoms with E-state index in [0.29, 0.717) is 15.6 Å². The van der Waals surface area contributed by atoms with E-state index >= 15 is 0 Å². The number of amides is 2. The Bertz CT molecular complexity index is 709. The van der Waals surface area contributed by atoms with E-state index in [9.17, 15) is 9.18 Å². The molecule has 0 aromatic heterocycles. The molecule has 0 aliphatic carbocycles. The maximum atomic E-state index is 13.8. The summed E-state index contributed by atoms with van der Waals surface area (Å²) in [5, 5.41) is 3.20. The molecule has 0 aliphatic heterocycles. The summed E-state index contributed by atoms with van der Waals surface area (Å²) in [5.74, 6) is -0.674. The first-order valence-electron chi connectivity index (χ1n) is 6.29. The Morgan fingerprint density at radius 2 is 1.77 bits per heavy atom. The molecule has 0 saturated carbocycles. The maximum absolute atomic E-state index is 13.8. The zero-order valence-corrected chi connectivity index (χ0v) is 13.8. The molecule has 2 amide bonds. The first-order valence-corrected chi connectivity index (χ1v) is 7.42. The summed E-state index contributed by atoms with van der Waals surface area (Å²) >= 11 is 17.7. The van der Waals surface area contributed by atoms with Gasteiger partial charge in [0.2, 0.25) is 0 Å². The molecule has 116 valence electrons. The zero-order chi connectivity index (χ0) is 16.3. The molecule has 2 aromatic rings. The fraction of sp³-hybridized carbons (Fsp3) is 0.133. The van der Waals surface area contributed by atoms with Crippen molar-refractivity contribution in [2.45, 2.75) is 6.54 Å². The average Bonchev–Trinajstić information content (AvgIpc) is 2.48. The van der Waals surface area contributed by atoms with Crippen LogP contribution in [0, 0.1) is 5.82 Å². The van der Waals surface area contributed by atoms with E-state index in [-0.39, 0.29) is 17.3 Å². The van der Waals surface area contributed by atoms with Gasteiger partial charge in [0.1, 0.15) is 0 Å². The smallest absolute Gasteiger partial charge is 0.321 e. The van der Waals surface area contributed by atoms with Gasteiger partial charge in [0.05, 0.1) is 20.8 Å². The topological polar surface area (TPSA) is 32.3 Å². The fourth-order valence-electron chi connectivity index (χ4n) is 1.81. The van der Waals surface area contributed by atoms with Gasteiger partial charge in [-0.15, -0.1) is 0 Å². The number of urea groups is 1. The van der Waals surface area contributed by atoms with Crippen molar-refractivity contribution in [3.8, 4) is 0 Å². The molecule has 2 aromatic carbocycles. The number of carbonyl (C=O) groups is 1. The van der Waals surface area contributed by atoms with Crippen molar-refractivity contribution in [1.29, 1.82) is 0 Å². The summed E-state index contributed by atoms with van der Waals surface area (Å²) in [4.78, 5) is 13.5. The number of carbonyl (C=O) groups excluding carboxylic acids is 1. The zero-order valence-electron chi connectivity index (χ0n) is 11.5. The molecule has 0 aliphatic rings. The molecule has 0 unspecified atom stereocenters. The fourth-order valence-corrected chi connectivity index (χ4v) is 2.36. The summed E-state index contributed by atoms with van der Waals surface area (Å²) in [6.07, 6.45) is 0. The Kier molecular flexibility index (Phi) is 5.51. The number of nitrogens with zero attached hydrogens (tertiary/aromatic N) is 1. The lowest BCUT2D eigenvalue weighted by Crippen LogP contribution is -2.31. The highest BCUT2D eigenvalue weighted by Crippen LogP contribution is 2.27. The lowest BCUT2D eigenvalue weighted by Gasteiger charge is -2.19. The molecule has 0 saturated heterocycles. The molecule has 0 spiro atoms. The lowest BCUT2D eigenvalue weighted by molar-refractivity contribution is 0.220. The normalized spacial score (nSPS) is 10.4. The minimum absolute atomic E-state index is 0.0153. The molecule has 1 N–H and O–H groups in total. The van der Waals surface area contributed by atoms with Gasteiger partial charge in [-0.2, -0.15) is 0 Å². The largest absolute Gasteiger partial charge is 0.323 e. The second-order valence-electron chi connectivity index (χ2n) is 4.60. The molecule has 0 heterocycles. The molecule has 22 heavy (non-hydrogen) atoms. The van der Waals surface area contributed by atoms with Crippen LogP contribution in [-0.4, -0.2) is 18.0 Å². The van der Waals surface area contributed by atoms with Crippen LogP contribution in [0.5, 0.6) is 0 Å². The van der Waals surface area contributed by atoms with Crippen LogP contribution in [-0.2, 0) is 6.54 Å². The Morgan fingerprint density at radius 3 is 2.50 bits per heavy atom. The van der Waals surface area contributed by atoms with Crippen LogP contribution >= 0.6 is 34.8 Å². The molecule has 7 heteroatoms. The minimum atomic E-state index is -0.674. The van der Waals surface area contributed by atoms with E-state index in [0.717, 1.165) is 0 Å². The highest BCUT2D eigenvalue weighted by Gasteiger charge is 2.15. The van der Waals surface area contributed by atoms with Crippen molar-refractivity contribution in [1.82, 2.24) is 4.90 Å². The van der Waals surface area contributed by atoms with Crippen molar-refractivity contribution < 1.29 is 9.18 Å². The van der Waals surface area contributed by atoms with E-state index in [2.05, 4.69) is 5.32 Å². The molecular formula is C15H12Cl3FN2O. The molecule has 0 radical (unpaired) electrons. The average molecular weight is 362 g/mol. The van der Waals surface area contributed by atoms with Crippen LogP contribution in [0.25, 0.3) is 0 Å². The number of rotatable bonds is 3. The third-order valence-electron chi connectivity index (χ3n) is 2.98. The van der Waals surface area contributed by atoms with Crippen LogP contribution in [0.1, 0.15) is 5.56 Å². The van der Waals surface area contributed by atoms with Gasteiger partial charge in [-0.25, -0.2) is 9.18 Å². The summed E-state index contributed by atoms with van der Waals surface area (Å²) in [5.41, 5.74) is 0.708. The van der Waals surface area contributed by atoms with Gasteiger partial charge in [-0.3, -0.25) is 0 Å². The Hall–Kier alpha value is -1.49. The van der Waals surface area contributed by atoms with Crippen LogP contribution in [0.4, 0.5) is 14.9 Å². The SMILES string of the molecule is CN(Cc1cccc(Cl)c1Cl)C(=O)Nc1cccc(Cl)c1F. The number of anilines is 1. The van der Waals surface area contributed by atoms with E-state index < -0.39 is 11.8 Å². The van der Waals surface area contributed by atoms with Crippen LogP contribution in [0.15, 0.2) is 36.4 Å². The van der Waals surface area contributed by atoms with Gasteiger partial charge < -0.3 is 10.2 Å². The van der Waals surface area contributed by atoms with E-state index in [1.165, 1.54) is 17.0 Å². The Labute approximate surface area is 142 Å². The second kappa shape index (κ2) is 7.18. The van der Waals surface area contributed by atoms with E-state index in [1.807, 2.05) is 0 Å².